The predicted molar refractivity (Wildman–Crippen MR) is 106 cm³/mol. The molecule has 2 rings (SSSR count). The van der Waals surface area contributed by atoms with Crippen molar-refractivity contribution in [3.63, 3.8) is 0 Å². The van der Waals surface area contributed by atoms with Gasteiger partial charge < -0.3 is 24.3 Å². The second kappa shape index (κ2) is 10.6. The first-order chi connectivity index (χ1) is 13.6. The maximum Gasteiger partial charge on any atom is 0.331 e. The van der Waals surface area contributed by atoms with Gasteiger partial charge in [0, 0.05) is 17.7 Å². The van der Waals surface area contributed by atoms with Crippen LogP contribution in [0.5, 0.6) is 17.2 Å². The number of anilines is 1. The zero-order valence-corrected chi connectivity index (χ0v) is 16.1. The molecule has 0 heterocycles. The van der Waals surface area contributed by atoms with Crippen LogP contribution in [0, 0.1) is 0 Å². The number of ether oxygens (including phenoxy) is 4. The monoisotopic (exact) mass is 385 g/mol. The Morgan fingerprint density at radius 3 is 2.54 bits per heavy atom. The average molecular weight is 385 g/mol. The van der Waals surface area contributed by atoms with Crippen LogP contribution in [0.25, 0.3) is 6.08 Å². The molecular formula is C21H23NO6. The van der Waals surface area contributed by atoms with Crippen LogP contribution in [-0.4, -0.2) is 39.3 Å². The molecule has 0 saturated carbocycles. The fourth-order valence-electron chi connectivity index (χ4n) is 2.35. The average Bonchev–Trinajstić information content (AvgIpc) is 2.71. The summed E-state index contributed by atoms with van der Waals surface area (Å²) >= 11 is 0. The lowest BCUT2D eigenvalue weighted by atomic mass is 10.2. The number of methoxy groups -OCH3 is 2. The van der Waals surface area contributed by atoms with E-state index in [1.165, 1.54) is 20.3 Å². The fourth-order valence-corrected chi connectivity index (χ4v) is 2.35. The minimum Gasteiger partial charge on any atom is -0.497 e. The van der Waals surface area contributed by atoms with Crippen LogP contribution < -0.4 is 19.5 Å². The van der Waals surface area contributed by atoms with Gasteiger partial charge in [-0.1, -0.05) is 18.2 Å². The van der Waals surface area contributed by atoms with Crippen molar-refractivity contribution in [1.29, 1.82) is 0 Å². The number of amides is 1. The first-order valence-corrected chi connectivity index (χ1v) is 8.66. The SMILES string of the molecule is CCOc1ccccc1/C=C/C(=O)OCC(=O)Nc1cc(OC)ccc1OC. The van der Waals surface area contributed by atoms with Crippen LogP contribution in [0.15, 0.2) is 48.5 Å². The summed E-state index contributed by atoms with van der Waals surface area (Å²) in [6, 6.07) is 12.3. The lowest BCUT2D eigenvalue weighted by Gasteiger charge is -2.11. The topological polar surface area (TPSA) is 83.1 Å². The molecule has 1 N–H and O–H groups in total. The molecule has 1 amide bonds. The highest BCUT2D eigenvalue weighted by molar-refractivity contribution is 5.95. The van der Waals surface area contributed by atoms with E-state index in [-0.39, 0.29) is 0 Å². The molecule has 0 fully saturated rings. The highest BCUT2D eigenvalue weighted by atomic mass is 16.5. The van der Waals surface area contributed by atoms with Crippen molar-refractivity contribution in [2.75, 3.05) is 32.8 Å². The molecule has 7 heteroatoms. The van der Waals surface area contributed by atoms with Gasteiger partial charge >= 0.3 is 5.97 Å². The minimum absolute atomic E-state index is 0.420. The summed E-state index contributed by atoms with van der Waals surface area (Å²) in [5, 5.41) is 2.63. The van der Waals surface area contributed by atoms with Crippen molar-refractivity contribution in [1.82, 2.24) is 0 Å². The predicted octanol–water partition coefficient (Wildman–Crippen LogP) is 3.30. The van der Waals surface area contributed by atoms with E-state index < -0.39 is 18.5 Å². The van der Waals surface area contributed by atoms with E-state index in [9.17, 15) is 9.59 Å². The summed E-state index contributed by atoms with van der Waals surface area (Å²) in [4.78, 5) is 24.0. The van der Waals surface area contributed by atoms with Gasteiger partial charge in [-0.05, 0) is 31.2 Å². The number of esters is 1. The quantitative estimate of drug-likeness (QED) is 0.527. The summed E-state index contributed by atoms with van der Waals surface area (Å²) in [5.74, 6) is 0.552. The molecule has 0 unspecified atom stereocenters. The second-order valence-corrected chi connectivity index (χ2v) is 5.53. The zero-order valence-electron chi connectivity index (χ0n) is 16.1. The van der Waals surface area contributed by atoms with E-state index in [1.807, 2.05) is 31.2 Å². The molecule has 7 nitrogen and oxygen atoms in total. The Labute approximate surface area is 163 Å². The lowest BCUT2D eigenvalue weighted by Crippen LogP contribution is -2.20. The number of hydrogen-bond donors (Lipinski definition) is 1. The lowest BCUT2D eigenvalue weighted by molar-refractivity contribution is -0.142. The molecule has 148 valence electrons. The second-order valence-electron chi connectivity index (χ2n) is 5.53. The number of nitrogens with one attached hydrogen (secondary N) is 1. The maximum absolute atomic E-state index is 12.1. The van der Waals surface area contributed by atoms with Crippen molar-refractivity contribution in [3.8, 4) is 17.2 Å². The molecule has 0 aliphatic rings. The van der Waals surface area contributed by atoms with Gasteiger partial charge in [-0.15, -0.1) is 0 Å². The van der Waals surface area contributed by atoms with Crippen LogP contribution in [-0.2, 0) is 14.3 Å². The van der Waals surface area contributed by atoms with Crippen molar-refractivity contribution < 1.29 is 28.5 Å². The molecule has 0 aliphatic heterocycles. The highest BCUT2D eigenvalue weighted by Gasteiger charge is 2.11. The van der Waals surface area contributed by atoms with Crippen LogP contribution in [0.4, 0.5) is 5.69 Å². The summed E-state index contributed by atoms with van der Waals surface area (Å²) in [6.45, 7) is 1.96. The first kappa shape index (κ1) is 20.8. The molecule has 0 radical (unpaired) electrons. The number of rotatable bonds is 9. The molecule has 0 bridgehead atoms. The number of benzene rings is 2. The van der Waals surface area contributed by atoms with Gasteiger partial charge in [0.15, 0.2) is 6.61 Å². The first-order valence-electron chi connectivity index (χ1n) is 8.66. The van der Waals surface area contributed by atoms with E-state index in [4.69, 9.17) is 18.9 Å². The number of carbonyl (C=O) groups is 2. The van der Waals surface area contributed by atoms with E-state index in [0.717, 1.165) is 5.56 Å². The molecule has 2 aromatic rings. The maximum atomic E-state index is 12.1. The van der Waals surface area contributed by atoms with E-state index in [0.29, 0.717) is 29.5 Å². The Kier molecular flexibility index (Phi) is 7.90. The minimum atomic E-state index is -0.640. The standard InChI is InChI=1S/C21H23NO6/c1-4-27-18-8-6-5-7-15(18)9-12-21(24)28-14-20(23)22-17-13-16(25-2)10-11-19(17)26-3/h5-13H,4,14H2,1-3H3,(H,22,23)/b12-9+. The van der Waals surface area contributed by atoms with Crippen LogP contribution >= 0.6 is 0 Å². The molecule has 0 atom stereocenters. The summed E-state index contributed by atoms with van der Waals surface area (Å²) in [5.41, 5.74) is 1.16. The van der Waals surface area contributed by atoms with Gasteiger partial charge in [0.05, 0.1) is 26.5 Å². The number of hydrogen-bond acceptors (Lipinski definition) is 6. The molecular weight excluding hydrogens is 362 g/mol. The van der Waals surface area contributed by atoms with Crippen LogP contribution in [0.2, 0.25) is 0 Å². The third-order valence-electron chi connectivity index (χ3n) is 3.64. The Morgan fingerprint density at radius 2 is 1.82 bits per heavy atom. The molecule has 0 spiro atoms. The zero-order chi connectivity index (χ0) is 20.4. The Hall–Kier alpha value is -3.48. The van der Waals surface area contributed by atoms with Gasteiger partial charge in [0.25, 0.3) is 5.91 Å². The van der Waals surface area contributed by atoms with Gasteiger partial charge in [-0.2, -0.15) is 0 Å². The van der Waals surface area contributed by atoms with Crippen molar-refractivity contribution >= 4 is 23.6 Å². The van der Waals surface area contributed by atoms with Gasteiger partial charge in [-0.25, -0.2) is 4.79 Å². The Balaban J connectivity index is 1.92. The molecule has 0 aromatic heterocycles. The highest BCUT2D eigenvalue weighted by Crippen LogP contribution is 2.28. The van der Waals surface area contributed by atoms with E-state index >= 15 is 0 Å². The summed E-state index contributed by atoms with van der Waals surface area (Å²) in [6.07, 6.45) is 2.83. The van der Waals surface area contributed by atoms with Crippen molar-refractivity contribution in [2.24, 2.45) is 0 Å². The number of para-hydroxylation sites is 1. The number of carbonyl (C=O) groups excluding carboxylic acids is 2. The van der Waals surface area contributed by atoms with E-state index in [2.05, 4.69) is 5.32 Å². The third-order valence-corrected chi connectivity index (χ3v) is 3.64. The van der Waals surface area contributed by atoms with Gasteiger partial charge in [-0.3, -0.25) is 4.79 Å². The Morgan fingerprint density at radius 1 is 1.04 bits per heavy atom. The smallest absolute Gasteiger partial charge is 0.331 e. The van der Waals surface area contributed by atoms with Gasteiger partial charge in [0.2, 0.25) is 0 Å². The molecule has 0 aliphatic carbocycles. The largest absolute Gasteiger partial charge is 0.497 e. The normalized spacial score (nSPS) is 10.4. The fraction of sp³-hybridized carbons (Fsp3) is 0.238. The summed E-state index contributed by atoms with van der Waals surface area (Å²) in [7, 11) is 3.01. The van der Waals surface area contributed by atoms with E-state index in [1.54, 1.807) is 24.3 Å². The molecule has 28 heavy (non-hydrogen) atoms. The third kappa shape index (κ3) is 6.05. The Bertz CT molecular complexity index is 847. The van der Waals surface area contributed by atoms with Crippen LogP contribution in [0.1, 0.15) is 12.5 Å². The van der Waals surface area contributed by atoms with Crippen molar-refractivity contribution in [3.05, 3.63) is 54.1 Å². The molecule has 0 saturated heterocycles. The van der Waals surface area contributed by atoms with Crippen molar-refractivity contribution in [2.45, 2.75) is 6.92 Å². The molecule has 2 aromatic carbocycles. The summed E-state index contributed by atoms with van der Waals surface area (Å²) < 4.78 is 20.8. The van der Waals surface area contributed by atoms with Gasteiger partial charge in [0.1, 0.15) is 17.2 Å². The van der Waals surface area contributed by atoms with Crippen LogP contribution in [0.3, 0.4) is 0 Å².